The zero-order chi connectivity index (χ0) is 70.4. The fourth-order valence-corrected chi connectivity index (χ4v) is 13.2. The first-order valence-electron chi connectivity index (χ1n) is 34.0. The van der Waals surface area contributed by atoms with Crippen molar-refractivity contribution in [3.05, 3.63) is 82.3 Å². The zero-order valence-electron chi connectivity index (χ0n) is 58.8. The number of nitrogens with one attached hydrogen (secondary N) is 5. The minimum Gasteiger partial charge on any atom is -0.431 e. The lowest BCUT2D eigenvalue weighted by molar-refractivity contribution is -0.143. The third-order valence-corrected chi connectivity index (χ3v) is 19.1. The van der Waals surface area contributed by atoms with Crippen LogP contribution < -0.4 is 38.1 Å². The summed E-state index contributed by atoms with van der Waals surface area (Å²) in [6.45, 7) is 17.9. The Kier molecular flexibility index (Phi) is 34.6. The highest BCUT2D eigenvalue weighted by molar-refractivity contribution is 7.09. The third kappa shape index (κ3) is 24.4. The summed E-state index contributed by atoms with van der Waals surface area (Å²) in [5.41, 5.74) is 13.0. The molecule has 0 saturated carbocycles. The van der Waals surface area contributed by atoms with Crippen molar-refractivity contribution in [1.29, 1.82) is 0 Å². The van der Waals surface area contributed by atoms with E-state index in [9.17, 15) is 38.4 Å². The minimum absolute atomic E-state index is 0.00545. The van der Waals surface area contributed by atoms with Crippen LogP contribution in [0.5, 0.6) is 0 Å². The van der Waals surface area contributed by atoms with Gasteiger partial charge in [0.2, 0.25) is 41.5 Å². The predicted octanol–water partition coefficient (Wildman–Crippen LogP) is 4.35. The Labute approximate surface area is 572 Å². The lowest BCUT2D eigenvalue weighted by atomic mass is 9.90. The summed E-state index contributed by atoms with van der Waals surface area (Å²) in [5, 5.41) is 17.2. The molecule has 11 unspecified atom stereocenters. The van der Waals surface area contributed by atoms with E-state index >= 15 is 0 Å². The lowest BCUT2D eigenvalue weighted by Gasteiger charge is -2.39. The normalized spacial score (nSPS) is 17.6. The molecule has 9 N–H and O–H groups in total. The number of likely N-dealkylation sites (N-methyl/N-ethyl adjacent to an activating group) is 3. The van der Waals surface area contributed by atoms with E-state index in [1.165, 1.54) is 18.4 Å². The van der Waals surface area contributed by atoms with Gasteiger partial charge < -0.3 is 76.4 Å². The van der Waals surface area contributed by atoms with Gasteiger partial charge in [-0.25, -0.2) is 9.78 Å². The number of amides is 8. The summed E-state index contributed by atoms with van der Waals surface area (Å²) in [4.78, 5) is 126. The van der Waals surface area contributed by atoms with Crippen molar-refractivity contribution < 1.29 is 62.0 Å². The van der Waals surface area contributed by atoms with E-state index < -0.39 is 83.9 Å². The molecule has 0 bridgehead atoms. The number of anilines is 1. The van der Waals surface area contributed by atoms with Crippen LogP contribution >= 0.6 is 11.3 Å². The highest BCUT2D eigenvalue weighted by atomic mass is 32.1. The van der Waals surface area contributed by atoms with Gasteiger partial charge in [-0.15, -0.1) is 11.3 Å². The number of hydrogen-bond donors (Lipinski definition) is 7. The lowest BCUT2D eigenvalue weighted by Crippen LogP contribution is -2.55. The molecule has 27 heteroatoms. The first kappa shape index (κ1) is 80.0. The van der Waals surface area contributed by atoms with Crippen LogP contribution in [-0.4, -0.2) is 240 Å². The molecule has 536 valence electrons. The van der Waals surface area contributed by atoms with Crippen molar-refractivity contribution in [2.45, 2.75) is 154 Å². The molecule has 96 heavy (non-hydrogen) atoms. The van der Waals surface area contributed by atoms with Crippen LogP contribution in [-0.2, 0) is 63.7 Å². The Morgan fingerprint density at radius 2 is 1.44 bits per heavy atom. The SMILES string of the molecule is CCC(C)C(C(CCN1CCCC1C(OC)C(C)C(=O)NC(Cc1ccccc1)c1nccs1)OC)N(C)C(=O)CNC(=O)C(C(C)C)N(C)C(=O)OC(C(=O)N1CCN(C)CC1)c1ccc(NC(=O)C(CCCN)NC(=O)C(NC(=O)CCOCCOCCN)C(C)C)cc1. The van der Waals surface area contributed by atoms with Crippen LogP contribution in [0.1, 0.15) is 122 Å². The molecule has 2 saturated heterocycles. The molecule has 3 heterocycles. The zero-order valence-corrected chi connectivity index (χ0v) is 59.6. The van der Waals surface area contributed by atoms with Gasteiger partial charge in [0.15, 0.2) is 0 Å². The summed E-state index contributed by atoms with van der Waals surface area (Å²) in [6.07, 6.45) is 2.82. The van der Waals surface area contributed by atoms with E-state index in [1.807, 2.05) is 49.7 Å². The highest BCUT2D eigenvalue weighted by Gasteiger charge is 2.41. The van der Waals surface area contributed by atoms with E-state index in [1.54, 1.807) is 89.2 Å². The van der Waals surface area contributed by atoms with E-state index in [-0.39, 0.29) is 80.9 Å². The summed E-state index contributed by atoms with van der Waals surface area (Å²) in [6, 6.07) is 12.4. The number of carbonyl (C=O) groups excluding carboxylic acids is 8. The molecule has 0 spiro atoms. The molecule has 2 aromatic carbocycles. The molecule has 1 aromatic heterocycles. The second kappa shape index (κ2) is 41.5. The Morgan fingerprint density at radius 3 is 2.04 bits per heavy atom. The summed E-state index contributed by atoms with van der Waals surface area (Å²) < 4.78 is 29.3. The molecule has 26 nitrogen and oxygen atoms in total. The quantitative estimate of drug-likeness (QED) is 0.0388. The number of hydrogen-bond acceptors (Lipinski definition) is 19. The topological polar surface area (TPSA) is 324 Å². The van der Waals surface area contributed by atoms with Gasteiger partial charge in [-0.1, -0.05) is 97.4 Å². The van der Waals surface area contributed by atoms with E-state index in [4.69, 9.17) is 35.2 Å². The number of carbonyl (C=O) groups is 8. The maximum absolute atomic E-state index is 14.5. The Balaban J connectivity index is 1.22. The maximum atomic E-state index is 14.5. The van der Waals surface area contributed by atoms with Crippen LogP contribution in [0.4, 0.5) is 10.5 Å². The number of piperazine rings is 1. The van der Waals surface area contributed by atoms with Crippen molar-refractivity contribution in [1.82, 2.24) is 50.8 Å². The van der Waals surface area contributed by atoms with Gasteiger partial charge in [-0.05, 0) is 94.1 Å². The number of nitrogens with zero attached hydrogens (tertiary/aromatic N) is 6. The summed E-state index contributed by atoms with van der Waals surface area (Å²) >= 11 is 1.51. The smallest absolute Gasteiger partial charge is 0.411 e. The van der Waals surface area contributed by atoms with Crippen molar-refractivity contribution in [2.24, 2.45) is 35.1 Å². The Bertz CT molecular complexity index is 2850. The molecule has 5 rings (SSSR count). The van der Waals surface area contributed by atoms with Gasteiger partial charge in [0, 0.05) is 103 Å². The number of aromatic nitrogens is 1. The van der Waals surface area contributed by atoms with Crippen LogP contribution in [0.2, 0.25) is 0 Å². The number of nitrogens with two attached hydrogens (primary N) is 2. The predicted molar refractivity (Wildman–Crippen MR) is 369 cm³/mol. The first-order valence-corrected chi connectivity index (χ1v) is 34.9. The summed E-state index contributed by atoms with van der Waals surface area (Å²) in [5.74, 6) is -4.34. The van der Waals surface area contributed by atoms with E-state index in [2.05, 4.69) is 55.2 Å². The van der Waals surface area contributed by atoms with Crippen molar-refractivity contribution in [3.63, 3.8) is 0 Å². The fourth-order valence-electron chi connectivity index (χ4n) is 12.5. The van der Waals surface area contributed by atoms with Crippen LogP contribution in [0.3, 0.4) is 0 Å². The van der Waals surface area contributed by atoms with Crippen molar-refractivity contribution in [3.8, 4) is 0 Å². The minimum atomic E-state index is -1.46. The molecular formula is C69H111N13O13S. The average Bonchev–Trinajstić information content (AvgIpc) is 1.34. The number of ether oxygens (including phenoxy) is 5. The first-order chi connectivity index (χ1) is 46.0. The molecular weight excluding hydrogens is 1250 g/mol. The van der Waals surface area contributed by atoms with Gasteiger partial charge in [0.25, 0.3) is 5.91 Å². The standard InChI is InChI=1S/C69H111N13O13S/c1-13-47(6)60(55(91-11)27-33-81-32-18-22-54(81)61(92-12)48(7)63(85)76-53(67-72-31-42-96-67)43-49-19-15-14-16-20-49)79(9)57(84)44-73-66(88)59(46(4)5)80(10)69(90)95-62(68(89)82-36-34-78(8)35-37-82)50-23-25-51(26-24-50)74-64(86)52(21-17-29-70)75-65(87)58(45(2)3)77-56(83)28-38-93-40-41-94-39-30-71/h14-16,19-20,23-26,31,42,45-48,52-55,58-62H,13,17-18,21-22,27-30,32-41,43-44,70-71H2,1-12H3,(H,73,88)(H,74,86)(H,75,87)(H,76,85)(H,77,83). The largest absolute Gasteiger partial charge is 0.431 e. The fraction of sp³-hybridized carbons (Fsp3) is 0.667. The van der Waals surface area contributed by atoms with Gasteiger partial charge in [-0.2, -0.15) is 0 Å². The van der Waals surface area contributed by atoms with Crippen molar-refractivity contribution >= 4 is 64.5 Å². The molecule has 2 aliphatic rings. The molecule has 11 atom stereocenters. The molecule has 8 amide bonds. The maximum Gasteiger partial charge on any atom is 0.411 e. The molecule has 2 fully saturated rings. The third-order valence-electron chi connectivity index (χ3n) is 18.2. The molecule has 0 radical (unpaired) electrons. The van der Waals surface area contributed by atoms with Crippen molar-refractivity contribution in [2.75, 3.05) is 126 Å². The number of rotatable bonds is 41. The monoisotopic (exact) mass is 1360 g/mol. The van der Waals surface area contributed by atoms with Gasteiger partial charge >= 0.3 is 6.09 Å². The Morgan fingerprint density at radius 1 is 0.750 bits per heavy atom. The van der Waals surface area contributed by atoms with Crippen LogP contribution in [0.25, 0.3) is 0 Å². The van der Waals surface area contributed by atoms with Gasteiger partial charge in [0.1, 0.15) is 23.1 Å². The summed E-state index contributed by atoms with van der Waals surface area (Å²) in [7, 11) is 8.38. The van der Waals surface area contributed by atoms with Gasteiger partial charge in [0.05, 0.1) is 63.2 Å². The second-order valence-corrected chi connectivity index (χ2v) is 26.8. The highest BCUT2D eigenvalue weighted by Crippen LogP contribution is 2.31. The van der Waals surface area contributed by atoms with Crippen LogP contribution in [0, 0.1) is 23.7 Å². The Hall–Kier alpha value is -6.69. The number of methoxy groups -OCH3 is 2. The number of likely N-dealkylation sites (tertiary alicyclic amines) is 1. The average molecular weight is 1360 g/mol. The van der Waals surface area contributed by atoms with Gasteiger partial charge in [-0.3, -0.25) is 43.4 Å². The number of thiazole rings is 1. The van der Waals surface area contributed by atoms with E-state index in [0.717, 1.165) is 41.3 Å². The molecule has 0 aliphatic carbocycles. The molecule has 2 aliphatic heterocycles. The second-order valence-electron chi connectivity index (χ2n) is 25.9. The molecule has 3 aromatic rings. The van der Waals surface area contributed by atoms with Crippen LogP contribution in [0.15, 0.2) is 66.2 Å². The number of benzene rings is 2. The van der Waals surface area contributed by atoms with E-state index in [0.29, 0.717) is 83.0 Å².